The van der Waals surface area contributed by atoms with Crippen LogP contribution < -0.4 is 5.32 Å². The van der Waals surface area contributed by atoms with Crippen LogP contribution in [-0.2, 0) is 14.3 Å². The molecule has 0 bridgehead atoms. The van der Waals surface area contributed by atoms with Crippen LogP contribution in [0.1, 0.15) is 284 Å². The molecule has 0 saturated carbocycles. The maximum Gasteiger partial charge on any atom is 0.306 e. The summed E-state index contributed by atoms with van der Waals surface area (Å²) in [7, 11) is 0. The van der Waals surface area contributed by atoms with Crippen LogP contribution in [0.15, 0.2) is 72.9 Å². The molecule has 6 heteroatoms. The Morgan fingerprint density at radius 1 is 0.426 bits per heavy atom. The molecule has 6 nitrogen and oxygen atoms in total. The van der Waals surface area contributed by atoms with Gasteiger partial charge in [-0.1, -0.05) is 267 Å². The van der Waals surface area contributed by atoms with Crippen molar-refractivity contribution in [1.82, 2.24) is 5.32 Å². The van der Waals surface area contributed by atoms with E-state index in [9.17, 15) is 19.8 Å². The molecule has 3 unspecified atom stereocenters. The number of hydrogen-bond donors (Lipinski definition) is 3. The molecule has 0 aromatic rings. The Bertz CT molecular complexity index is 1250. The first-order valence-corrected chi connectivity index (χ1v) is 29.2. The topological polar surface area (TPSA) is 95.9 Å². The van der Waals surface area contributed by atoms with E-state index in [4.69, 9.17) is 4.74 Å². The normalized spacial score (nSPS) is 13.7. The molecule has 1 amide bonds. The third-order valence-electron chi connectivity index (χ3n) is 13.1. The number of rotatable bonds is 52. The van der Waals surface area contributed by atoms with Crippen molar-refractivity contribution in [2.24, 2.45) is 0 Å². The predicted octanol–water partition coefficient (Wildman–Crippen LogP) is 18.1. The van der Waals surface area contributed by atoms with Crippen molar-refractivity contribution in [1.29, 1.82) is 0 Å². The average Bonchev–Trinajstić information content (AvgIpc) is 3.33. The van der Waals surface area contributed by atoms with Crippen molar-refractivity contribution in [3.8, 4) is 0 Å². The fourth-order valence-electron chi connectivity index (χ4n) is 8.67. The van der Waals surface area contributed by atoms with Gasteiger partial charge >= 0.3 is 5.97 Å². The van der Waals surface area contributed by atoms with Crippen molar-refractivity contribution in [2.75, 3.05) is 6.61 Å². The summed E-state index contributed by atoms with van der Waals surface area (Å²) in [4.78, 5) is 26.3. The van der Waals surface area contributed by atoms with Crippen molar-refractivity contribution >= 4 is 11.9 Å². The minimum atomic E-state index is -0.803. The number of unbranched alkanes of at least 4 members (excludes halogenated alkanes) is 32. The molecule has 0 radical (unpaired) electrons. The van der Waals surface area contributed by atoms with Crippen molar-refractivity contribution in [2.45, 2.75) is 302 Å². The number of nitrogens with one attached hydrogen (secondary N) is 1. The van der Waals surface area contributed by atoms with Crippen LogP contribution in [0.3, 0.4) is 0 Å². The molecule has 0 aromatic heterocycles. The second-order valence-electron chi connectivity index (χ2n) is 19.8. The summed E-state index contributed by atoms with van der Waals surface area (Å²) in [5, 5.41) is 23.9. The van der Waals surface area contributed by atoms with Crippen LogP contribution >= 0.6 is 0 Å². The molecule has 0 aliphatic rings. The number of aliphatic hydroxyl groups is 2. The first-order chi connectivity index (χ1) is 33.5. The maximum atomic E-state index is 13.3. The standard InChI is InChI=1S/C62H111NO5/c1-4-7-10-13-16-19-22-25-28-30-31-34-37-40-43-46-49-52-55-62(67)68-58(53-50-47-44-41-38-35-33-29-26-23-20-17-14-11-8-5-2)56-61(66)63-59(57-64)60(65)54-51-48-45-42-39-36-32-27-24-21-18-15-12-9-6-3/h16,19,22,25,28-31,33-35,38,58-60,64-65H,4-15,17-18,20-21,23-24,26-27,32,36-37,39-57H2,1-3H3,(H,63,66)/b19-16+,25-22+,30-28+,33-29+,34-31+,38-35+. The Kier molecular flexibility index (Phi) is 53.0. The van der Waals surface area contributed by atoms with Gasteiger partial charge < -0.3 is 20.3 Å². The molecule has 68 heavy (non-hydrogen) atoms. The maximum absolute atomic E-state index is 13.3. The van der Waals surface area contributed by atoms with Crippen molar-refractivity contribution in [3.63, 3.8) is 0 Å². The quantitative estimate of drug-likeness (QED) is 0.0321. The lowest BCUT2D eigenvalue weighted by Gasteiger charge is -2.24. The lowest BCUT2D eigenvalue weighted by Crippen LogP contribution is -2.46. The monoisotopic (exact) mass is 950 g/mol. The van der Waals surface area contributed by atoms with E-state index in [1.54, 1.807) is 0 Å². The highest BCUT2D eigenvalue weighted by Gasteiger charge is 2.24. The van der Waals surface area contributed by atoms with E-state index in [0.29, 0.717) is 19.3 Å². The third-order valence-corrected chi connectivity index (χ3v) is 13.1. The summed E-state index contributed by atoms with van der Waals surface area (Å²) in [5.74, 6) is -0.522. The molecule has 0 saturated heterocycles. The van der Waals surface area contributed by atoms with Crippen LogP contribution in [0.5, 0.6) is 0 Å². The van der Waals surface area contributed by atoms with Gasteiger partial charge in [-0.05, 0) is 77.0 Å². The number of hydrogen-bond acceptors (Lipinski definition) is 5. The zero-order chi connectivity index (χ0) is 49.5. The number of allylic oxidation sites excluding steroid dienone is 12. The smallest absolute Gasteiger partial charge is 0.306 e. The molecule has 0 rings (SSSR count). The number of carbonyl (C=O) groups excluding carboxylic acids is 2. The van der Waals surface area contributed by atoms with E-state index < -0.39 is 18.2 Å². The Hall–Kier alpha value is -2.70. The van der Waals surface area contributed by atoms with E-state index >= 15 is 0 Å². The summed E-state index contributed by atoms with van der Waals surface area (Å²) in [6.07, 6.45) is 71.0. The van der Waals surface area contributed by atoms with E-state index in [2.05, 4.69) is 99.0 Å². The Labute approximate surface area is 421 Å². The minimum absolute atomic E-state index is 0.0481. The number of aliphatic hydroxyl groups excluding tert-OH is 2. The largest absolute Gasteiger partial charge is 0.462 e. The minimum Gasteiger partial charge on any atom is -0.462 e. The molecule has 3 atom stereocenters. The fourth-order valence-corrected chi connectivity index (χ4v) is 8.67. The summed E-state index contributed by atoms with van der Waals surface area (Å²) >= 11 is 0. The molecule has 3 N–H and O–H groups in total. The molecular formula is C62H111NO5. The van der Waals surface area contributed by atoms with Crippen LogP contribution in [0.2, 0.25) is 0 Å². The first-order valence-electron chi connectivity index (χ1n) is 29.2. The van der Waals surface area contributed by atoms with Gasteiger partial charge in [-0.25, -0.2) is 0 Å². The van der Waals surface area contributed by atoms with Gasteiger partial charge in [-0.3, -0.25) is 9.59 Å². The van der Waals surface area contributed by atoms with Gasteiger partial charge in [0.15, 0.2) is 0 Å². The van der Waals surface area contributed by atoms with E-state index in [-0.39, 0.29) is 24.9 Å². The zero-order valence-electron chi connectivity index (χ0n) is 45.0. The van der Waals surface area contributed by atoms with Crippen molar-refractivity contribution in [3.05, 3.63) is 72.9 Å². The van der Waals surface area contributed by atoms with E-state index in [1.165, 1.54) is 141 Å². The van der Waals surface area contributed by atoms with Crippen LogP contribution in [0.25, 0.3) is 0 Å². The van der Waals surface area contributed by atoms with Gasteiger partial charge in [-0.2, -0.15) is 0 Å². The van der Waals surface area contributed by atoms with Crippen LogP contribution in [0, 0.1) is 0 Å². The summed E-state index contributed by atoms with van der Waals surface area (Å²) in [5.41, 5.74) is 0. The Morgan fingerprint density at radius 3 is 1.19 bits per heavy atom. The summed E-state index contributed by atoms with van der Waals surface area (Å²) < 4.78 is 5.94. The lowest BCUT2D eigenvalue weighted by atomic mass is 10.0. The molecule has 0 aliphatic carbocycles. The SMILES string of the molecule is CCCCC/C=C/C=C/C=C/C=C/CCCCCCCC(=O)OC(CCCCC/C=C/C=C/CCCCCCCCC)CC(=O)NC(CO)C(O)CCCCCCCCCCCCCCCCC. The third kappa shape index (κ3) is 49.7. The number of carbonyl (C=O) groups is 2. The first kappa shape index (κ1) is 65.3. The summed E-state index contributed by atoms with van der Waals surface area (Å²) in [6, 6.07) is -0.719. The van der Waals surface area contributed by atoms with Gasteiger partial charge in [-0.15, -0.1) is 0 Å². The zero-order valence-corrected chi connectivity index (χ0v) is 45.0. The Balaban J connectivity index is 4.66. The van der Waals surface area contributed by atoms with Crippen LogP contribution in [0.4, 0.5) is 0 Å². The van der Waals surface area contributed by atoms with Gasteiger partial charge in [0.2, 0.25) is 5.91 Å². The predicted molar refractivity (Wildman–Crippen MR) is 296 cm³/mol. The van der Waals surface area contributed by atoms with Gasteiger partial charge in [0.25, 0.3) is 0 Å². The average molecular weight is 951 g/mol. The fraction of sp³-hybridized carbons (Fsp3) is 0.774. The van der Waals surface area contributed by atoms with Crippen molar-refractivity contribution < 1.29 is 24.5 Å². The number of ether oxygens (including phenoxy) is 1. The van der Waals surface area contributed by atoms with E-state index in [1.807, 2.05) is 0 Å². The van der Waals surface area contributed by atoms with Crippen LogP contribution in [-0.4, -0.2) is 46.9 Å². The summed E-state index contributed by atoms with van der Waals surface area (Å²) in [6.45, 7) is 6.45. The molecule has 0 aliphatic heterocycles. The lowest BCUT2D eigenvalue weighted by molar-refractivity contribution is -0.151. The highest BCUT2D eigenvalue weighted by atomic mass is 16.5. The second-order valence-corrected chi connectivity index (χ2v) is 19.8. The molecule has 0 heterocycles. The molecule has 0 fully saturated rings. The highest BCUT2D eigenvalue weighted by molar-refractivity contribution is 5.77. The van der Waals surface area contributed by atoms with Gasteiger partial charge in [0, 0.05) is 6.42 Å². The van der Waals surface area contributed by atoms with Gasteiger partial charge in [0.1, 0.15) is 6.10 Å². The highest BCUT2D eigenvalue weighted by Crippen LogP contribution is 2.18. The molecule has 0 aromatic carbocycles. The molecular weight excluding hydrogens is 839 g/mol. The number of esters is 1. The van der Waals surface area contributed by atoms with Gasteiger partial charge in [0.05, 0.1) is 25.2 Å². The number of amides is 1. The van der Waals surface area contributed by atoms with E-state index in [0.717, 1.165) is 96.3 Å². The Morgan fingerprint density at radius 2 is 0.750 bits per heavy atom. The molecule has 394 valence electrons. The second kappa shape index (κ2) is 55.2. The molecule has 0 spiro atoms.